The maximum Gasteiger partial charge on any atom is 0.220 e. The molecule has 0 aromatic heterocycles. The highest BCUT2D eigenvalue weighted by molar-refractivity contribution is 5.75. The SMILES string of the molecule is CC(CCC(=O)NCc1ccccc1F)N1CCCC1. The van der Waals surface area contributed by atoms with Crippen LogP contribution in [0.5, 0.6) is 0 Å². The van der Waals surface area contributed by atoms with Crippen LogP contribution in [0.4, 0.5) is 4.39 Å². The van der Waals surface area contributed by atoms with Crippen LogP contribution in [0.1, 0.15) is 38.2 Å². The number of likely N-dealkylation sites (tertiary alicyclic amines) is 1. The van der Waals surface area contributed by atoms with Gasteiger partial charge in [-0.3, -0.25) is 4.79 Å². The van der Waals surface area contributed by atoms with Gasteiger partial charge in [-0.25, -0.2) is 4.39 Å². The highest BCUT2D eigenvalue weighted by Crippen LogP contribution is 2.14. The molecule has 1 atom stereocenters. The van der Waals surface area contributed by atoms with Gasteiger partial charge in [-0.1, -0.05) is 18.2 Å². The van der Waals surface area contributed by atoms with Gasteiger partial charge >= 0.3 is 0 Å². The first-order chi connectivity index (χ1) is 9.66. The van der Waals surface area contributed by atoms with Crippen molar-refractivity contribution in [1.29, 1.82) is 0 Å². The Kier molecular flexibility index (Phi) is 5.53. The maximum atomic E-state index is 13.4. The van der Waals surface area contributed by atoms with Gasteiger partial charge in [-0.05, 0) is 45.3 Å². The van der Waals surface area contributed by atoms with Crippen molar-refractivity contribution in [3.63, 3.8) is 0 Å². The largest absolute Gasteiger partial charge is 0.352 e. The minimum atomic E-state index is -0.266. The molecule has 1 unspecified atom stereocenters. The topological polar surface area (TPSA) is 32.3 Å². The van der Waals surface area contributed by atoms with Crippen LogP contribution in [0.2, 0.25) is 0 Å². The fourth-order valence-electron chi connectivity index (χ4n) is 2.63. The number of hydrogen-bond acceptors (Lipinski definition) is 2. The first-order valence-corrected chi connectivity index (χ1v) is 7.41. The molecule has 2 rings (SSSR count). The van der Waals surface area contributed by atoms with Gasteiger partial charge in [0.25, 0.3) is 0 Å². The zero-order chi connectivity index (χ0) is 14.4. The van der Waals surface area contributed by atoms with E-state index in [9.17, 15) is 9.18 Å². The molecule has 1 heterocycles. The number of amides is 1. The van der Waals surface area contributed by atoms with Crippen LogP contribution in [-0.2, 0) is 11.3 Å². The first kappa shape index (κ1) is 15.0. The maximum absolute atomic E-state index is 13.4. The van der Waals surface area contributed by atoms with E-state index in [-0.39, 0.29) is 18.3 Å². The molecule has 1 N–H and O–H groups in total. The van der Waals surface area contributed by atoms with Gasteiger partial charge in [0.1, 0.15) is 5.82 Å². The average molecular weight is 278 g/mol. The second-order valence-electron chi connectivity index (χ2n) is 5.50. The Labute approximate surface area is 120 Å². The monoisotopic (exact) mass is 278 g/mol. The van der Waals surface area contributed by atoms with Crippen molar-refractivity contribution < 1.29 is 9.18 Å². The van der Waals surface area contributed by atoms with Crippen molar-refractivity contribution in [1.82, 2.24) is 10.2 Å². The fraction of sp³-hybridized carbons (Fsp3) is 0.562. The van der Waals surface area contributed by atoms with Crippen LogP contribution >= 0.6 is 0 Å². The van der Waals surface area contributed by atoms with Crippen molar-refractivity contribution in [3.05, 3.63) is 35.6 Å². The van der Waals surface area contributed by atoms with Gasteiger partial charge in [-0.2, -0.15) is 0 Å². The van der Waals surface area contributed by atoms with E-state index in [2.05, 4.69) is 17.1 Å². The molecule has 4 heteroatoms. The third kappa shape index (κ3) is 4.30. The Morgan fingerprint density at radius 2 is 2.05 bits per heavy atom. The van der Waals surface area contributed by atoms with E-state index >= 15 is 0 Å². The van der Waals surface area contributed by atoms with Crippen molar-refractivity contribution >= 4 is 5.91 Å². The van der Waals surface area contributed by atoms with Gasteiger partial charge in [0.2, 0.25) is 5.91 Å². The van der Waals surface area contributed by atoms with E-state index in [4.69, 9.17) is 0 Å². The number of carbonyl (C=O) groups excluding carboxylic acids is 1. The van der Waals surface area contributed by atoms with Crippen LogP contribution in [0.25, 0.3) is 0 Å². The third-order valence-electron chi connectivity index (χ3n) is 3.99. The Hall–Kier alpha value is -1.42. The summed E-state index contributed by atoms with van der Waals surface area (Å²) < 4.78 is 13.4. The predicted molar refractivity (Wildman–Crippen MR) is 77.7 cm³/mol. The molecule has 0 aliphatic carbocycles. The molecule has 1 amide bonds. The molecular weight excluding hydrogens is 255 g/mol. The highest BCUT2D eigenvalue weighted by atomic mass is 19.1. The van der Waals surface area contributed by atoms with Crippen molar-refractivity contribution in [2.24, 2.45) is 0 Å². The van der Waals surface area contributed by atoms with E-state index < -0.39 is 0 Å². The minimum absolute atomic E-state index is 0.000648. The summed E-state index contributed by atoms with van der Waals surface area (Å²) in [7, 11) is 0. The second-order valence-corrected chi connectivity index (χ2v) is 5.50. The zero-order valence-corrected chi connectivity index (χ0v) is 12.1. The molecule has 110 valence electrons. The Morgan fingerprint density at radius 3 is 2.75 bits per heavy atom. The molecule has 3 nitrogen and oxygen atoms in total. The Balaban J connectivity index is 1.69. The molecule has 0 bridgehead atoms. The summed E-state index contributed by atoms with van der Waals surface area (Å²) in [5.41, 5.74) is 0.536. The van der Waals surface area contributed by atoms with Gasteiger partial charge in [0, 0.05) is 24.6 Å². The van der Waals surface area contributed by atoms with Crippen molar-refractivity contribution in [2.75, 3.05) is 13.1 Å². The number of halogens is 1. The molecule has 0 saturated carbocycles. The molecule has 0 spiro atoms. The van der Waals surface area contributed by atoms with Crippen LogP contribution in [0.15, 0.2) is 24.3 Å². The van der Waals surface area contributed by atoms with E-state index in [1.165, 1.54) is 18.9 Å². The van der Waals surface area contributed by atoms with E-state index in [0.717, 1.165) is 19.5 Å². The summed E-state index contributed by atoms with van der Waals surface area (Å²) in [5.74, 6) is -0.266. The zero-order valence-electron chi connectivity index (χ0n) is 12.1. The standard InChI is InChI=1S/C16H23FN2O/c1-13(19-10-4-5-11-19)8-9-16(20)18-12-14-6-2-3-7-15(14)17/h2-3,6-7,13H,4-5,8-12H2,1H3,(H,18,20). The van der Waals surface area contributed by atoms with Crippen molar-refractivity contribution in [3.8, 4) is 0 Å². The molecule has 1 fully saturated rings. The summed E-state index contributed by atoms with van der Waals surface area (Å²) in [6, 6.07) is 6.99. The smallest absolute Gasteiger partial charge is 0.220 e. The van der Waals surface area contributed by atoms with Crippen LogP contribution in [-0.4, -0.2) is 29.9 Å². The third-order valence-corrected chi connectivity index (χ3v) is 3.99. The molecule has 1 aliphatic heterocycles. The summed E-state index contributed by atoms with van der Waals surface area (Å²) >= 11 is 0. The highest BCUT2D eigenvalue weighted by Gasteiger charge is 2.18. The lowest BCUT2D eigenvalue weighted by atomic mass is 10.1. The lowest BCUT2D eigenvalue weighted by Gasteiger charge is -2.23. The summed E-state index contributed by atoms with van der Waals surface area (Å²) in [5, 5.41) is 2.79. The van der Waals surface area contributed by atoms with Crippen LogP contribution in [0.3, 0.4) is 0 Å². The number of nitrogens with one attached hydrogen (secondary N) is 1. The predicted octanol–water partition coefficient (Wildman–Crippen LogP) is 2.71. The Morgan fingerprint density at radius 1 is 1.35 bits per heavy atom. The lowest BCUT2D eigenvalue weighted by Crippen LogP contribution is -2.32. The van der Waals surface area contributed by atoms with Gasteiger partial charge in [0.15, 0.2) is 0 Å². The number of carbonyl (C=O) groups is 1. The number of rotatable bonds is 6. The van der Waals surface area contributed by atoms with E-state index in [1.54, 1.807) is 18.2 Å². The van der Waals surface area contributed by atoms with E-state index in [1.807, 2.05) is 0 Å². The van der Waals surface area contributed by atoms with Gasteiger partial charge in [0.05, 0.1) is 0 Å². The Bertz CT molecular complexity index is 444. The van der Waals surface area contributed by atoms with Gasteiger partial charge < -0.3 is 10.2 Å². The quantitative estimate of drug-likeness (QED) is 0.867. The summed E-state index contributed by atoms with van der Waals surface area (Å²) in [6.45, 7) is 4.75. The molecule has 1 aromatic carbocycles. The van der Waals surface area contributed by atoms with Crippen molar-refractivity contribution in [2.45, 2.75) is 45.2 Å². The minimum Gasteiger partial charge on any atom is -0.352 e. The lowest BCUT2D eigenvalue weighted by molar-refractivity contribution is -0.121. The molecular formula is C16H23FN2O. The van der Waals surface area contributed by atoms with Crippen LogP contribution in [0, 0.1) is 5.82 Å². The number of nitrogens with zero attached hydrogens (tertiary/aromatic N) is 1. The summed E-state index contributed by atoms with van der Waals surface area (Å²) in [6.07, 6.45) is 3.91. The first-order valence-electron chi connectivity index (χ1n) is 7.41. The molecule has 1 saturated heterocycles. The molecule has 0 radical (unpaired) electrons. The number of benzene rings is 1. The molecule has 1 aliphatic rings. The molecule has 20 heavy (non-hydrogen) atoms. The fourth-order valence-corrected chi connectivity index (χ4v) is 2.63. The second kappa shape index (κ2) is 7.39. The number of hydrogen-bond donors (Lipinski definition) is 1. The average Bonchev–Trinajstić information content (AvgIpc) is 2.98. The normalized spacial score (nSPS) is 17.1. The van der Waals surface area contributed by atoms with E-state index in [0.29, 0.717) is 18.0 Å². The van der Waals surface area contributed by atoms with Gasteiger partial charge in [-0.15, -0.1) is 0 Å². The summed E-state index contributed by atoms with van der Waals surface area (Å²) in [4.78, 5) is 14.2. The van der Waals surface area contributed by atoms with Crippen LogP contribution < -0.4 is 5.32 Å². The molecule has 1 aromatic rings.